The van der Waals surface area contributed by atoms with E-state index in [1.165, 1.54) is 12.0 Å². The first kappa shape index (κ1) is 23.6. The molecule has 0 spiro atoms. The molecule has 9 heteroatoms. The SMILES string of the molecule is COc1ccc(NC2=C(c3ccccc3OC)C(=O)N(CCN3CCOCC3)C2=O)cc1OC. The lowest BCUT2D eigenvalue weighted by Crippen LogP contribution is -2.43. The van der Waals surface area contributed by atoms with Gasteiger partial charge < -0.3 is 24.3 Å². The number of anilines is 1. The Labute approximate surface area is 198 Å². The lowest BCUT2D eigenvalue weighted by molar-refractivity contribution is -0.137. The van der Waals surface area contributed by atoms with Crippen molar-refractivity contribution < 1.29 is 28.5 Å². The maximum atomic E-state index is 13.5. The fraction of sp³-hybridized carbons (Fsp3) is 0.360. The van der Waals surface area contributed by atoms with Crippen LogP contribution in [0.5, 0.6) is 17.2 Å². The summed E-state index contributed by atoms with van der Waals surface area (Å²) in [6.45, 7) is 3.73. The van der Waals surface area contributed by atoms with E-state index < -0.39 is 0 Å². The molecule has 0 unspecified atom stereocenters. The summed E-state index contributed by atoms with van der Waals surface area (Å²) in [6.07, 6.45) is 0. The molecule has 2 aliphatic rings. The summed E-state index contributed by atoms with van der Waals surface area (Å²) in [6, 6.07) is 12.4. The van der Waals surface area contributed by atoms with Gasteiger partial charge in [0.15, 0.2) is 11.5 Å². The van der Waals surface area contributed by atoms with Crippen LogP contribution in [-0.2, 0) is 14.3 Å². The maximum absolute atomic E-state index is 13.5. The van der Waals surface area contributed by atoms with E-state index in [2.05, 4.69) is 10.2 Å². The molecule has 0 saturated carbocycles. The minimum Gasteiger partial charge on any atom is -0.496 e. The summed E-state index contributed by atoms with van der Waals surface area (Å²) in [4.78, 5) is 30.5. The molecule has 0 aromatic heterocycles. The molecule has 2 aromatic rings. The van der Waals surface area contributed by atoms with Crippen LogP contribution >= 0.6 is 0 Å². The first-order valence-corrected chi connectivity index (χ1v) is 11.1. The molecular formula is C25H29N3O6. The van der Waals surface area contributed by atoms with Gasteiger partial charge in [0.25, 0.3) is 11.8 Å². The highest BCUT2D eigenvalue weighted by Crippen LogP contribution is 2.36. The fourth-order valence-corrected chi connectivity index (χ4v) is 4.12. The molecule has 0 atom stereocenters. The van der Waals surface area contributed by atoms with Crippen molar-refractivity contribution >= 4 is 23.1 Å². The Kier molecular flexibility index (Phi) is 7.34. The predicted octanol–water partition coefficient (Wildman–Crippen LogP) is 2.24. The van der Waals surface area contributed by atoms with Crippen LogP contribution in [0.1, 0.15) is 5.56 Å². The largest absolute Gasteiger partial charge is 0.496 e. The molecule has 2 amide bonds. The van der Waals surface area contributed by atoms with Crippen molar-refractivity contribution in [1.29, 1.82) is 0 Å². The molecule has 180 valence electrons. The lowest BCUT2D eigenvalue weighted by Gasteiger charge is -2.28. The second kappa shape index (κ2) is 10.6. The third kappa shape index (κ3) is 4.71. The van der Waals surface area contributed by atoms with E-state index in [1.807, 2.05) is 12.1 Å². The van der Waals surface area contributed by atoms with Crippen LogP contribution in [0.25, 0.3) is 5.57 Å². The highest BCUT2D eigenvalue weighted by atomic mass is 16.5. The van der Waals surface area contributed by atoms with Crippen molar-refractivity contribution in [2.75, 3.05) is 66.0 Å². The molecule has 4 rings (SSSR count). The van der Waals surface area contributed by atoms with Gasteiger partial charge in [0.05, 0.1) is 40.1 Å². The van der Waals surface area contributed by atoms with Crippen molar-refractivity contribution in [1.82, 2.24) is 9.80 Å². The third-order valence-electron chi connectivity index (χ3n) is 5.94. The van der Waals surface area contributed by atoms with Crippen molar-refractivity contribution in [3.63, 3.8) is 0 Å². The van der Waals surface area contributed by atoms with Gasteiger partial charge in [-0.1, -0.05) is 18.2 Å². The number of morpholine rings is 1. The average Bonchev–Trinajstić information content (AvgIpc) is 3.11. The van der Waals surface area contributed by atoms with Crippen LogP contribution in [0.3, 0.4) is 0 Å². The summed E-state index contributed by atoms with van der Waals surface area (Å²) in [5.74, 6) is 0.848. The van der Waals surface area contributed by atoms with E-state index in [0.717, 1.165) is 13.1 Å². The molecule has 2 aromatic carbocycles. The normalized spacial score (nSPS) is 16.7. The van der Waals surface area contributed by atoms with Gasteiger partial charge in [-0.05, 0) is 18.2 Å². The highest BCUT2D eigenvalue weighted by Gasteiger charge is 2.40. The second-order valence-electron chi connectivity index (χ2n) is 7.86. The zero-order valence-corrected chi connectivity index (χ0v) is 19.6. The van der Waals surface area contributed by atoms with Crippen LogP contribution in [0, 0.1) is 0 Å². The predicted molar refractivity (Wildman–Crippen MR) is 127 cm³/mol. The van der Waals surface area contributed by atoms with Gasteiger partial charge >= 0.3 is 0 Å². The van der Waals surface area contributed by atoms with Crippen molar-refractivity contribution in [2.24, 2.45) is 0 Å². The van der Waals surface area contributed by atoms with Crippen LogP contribution in [0.15, 0.2) is 48.2 Å². The number of imide groups is 1. The van der Waals surface area contributed by atoms with E-state index in [9.17, 15) is 9.59 Å². The maximum Gasteiger partial charge on any atom is 0.278 e. The van der Waals surface area contributed by atoms with Crippen LogP contribution in [-0.4, -0.2) is 82.3 Å². The molecule has 0 radical (unpaired) electrons. The number of hydrogen-bond donors (Lipinski definition) is 1. The number of hydrogen-bond acceptors (Lipinski definition) is 8. The highest BCUT2D eigenvalue weighted by molar-refractivity contribution is 6.37. The number of carbonyl (C=O) groups excluding carboxylic acids is 2. The first-order chi connectivity index (χ1) is 16.6. The zero-order valence-electron chi connectivity index (χ0n) is 19.6. The Bertz CT molecular complexity index is 1090. The summed E-state index contributed by atoms with van der Waals surface area (Å²) in [5, 5.41) is 3.16. The first-order valence-electron chi connectivity index (χ1n) is 11.1. The summed E-state index contributed by atoms with van der Waals surface area (Å²) in [5.41, 5.74) is 1.62. The van der Waals surface area contributed by atoms with Gasteiger partial charge in [0.1, 0.15) is 11.4 Å². The monoisotopic (exact) mass is 467 g/mol. The number of methoxy groups -OCH3 is 3. The number of ether oxygens (including phenoxy) is 4. The summed E-state index contributed by atoms with van der Waals surface area (Å²) < 4.78 is 21.6. The van der Waals surface area contributed by atoms with Gasteiger partial charge in [-0.15, -0.1) is 0 Å². The van der Waals surface area contributed by atoms with Crippen LogP contribution in [0.2, 0.25) is 0 Å². The quantitative estimate of drug-likeness (QED) is 0.562. The number of para-hydroxylation sites is 1. The molecule has 2 heterocycles. The lowest BCUT2D eigenvalue weighted by atomic mass is 10.0. The zero-order chi connectivity index (χ0) is 24.1. The number of nitrogens with zero attached hydrogens (tertiary/aromatic N) is 2. The summed E-state index contributed by atoms with van der Waals surface area (Å²) >= 11 is 0. The van der Waals surface area contributed by atoms with Crippen LogP contribution < -0.4 is 19.5 Å². The van der Waals surface area contributed by atoms with Crippen molar-refractivity contribution in [2.45, 2.75) is 0 Å². The molecule has 1 saturated heterocycles. The van der Waals surface area contributed by atoms with E-state index in [0.29, 0.717) is 48.3 Å². The van der Waals surface area contributed by atoms with E-state index in [4.69, 9.17) is 18.9 Å². The number of nitrogens with one attached hydrogen (secondary N) is 1. The molecule has 0 bridgehead atoms. The van der Waals surface area contributed by atoms with Gasteiger partial charge in [0, 0.05) is 43.5 Å². The third-order valence-corrected chi connectivity index (χ3v) is 5.94. The minimum atomic E-state index is -0.381. The molecular weight excluding hydrogens is 438 g/mol. The number of amides is 2. The molecule has 1 fully saturated rings. The number of rotatable bonds is 9. The molecule has 1 N–H and O–H groups in total. The number of carbonyl (C=O) groups is 2. The number of benzene rings is 2. The minimum absolute atomic E-state index is 0.198. The second-order valence-corrected chi connectivity index (χ2v) is 7.86. The van der Waals surface area contributed by atoms with Gasteiger partial charge in [-0.3, -0.25) is 19.4 Å². The topological polar surface area (TPSA) is 89.6 Å². The van der Waals surface area contributed by atoms with Crippen molar-refractivity contribution in [3.8, 4) is 17.2 Å². The van der Waals surface area contributed by atoms with Gasteiger partial charge in [0.2, 0.25) is 0 Å². The van der Waals surface area contributed by atoms with E-state index in [-0.39, 0.29) is 29.6 Å². The molecule has 0 aliphatic carbocycles. The van der Waals surface area contributed by atoms with Gasteiger partial charge in [-0.25, -0.2) is 0 Å². The Hall–Kier alpha value is -3.56. The Morgan fingerprint density at radius 2 is 1.56 bits per heavy atom. The van der Waals surface area contributed by atoms with Crippen LogP contribution in [0.4, 0.5) is 5.69 Å². The smallest absolute Gasteiger partial charge is 0.278 e. The van der Waals surface area contributed by atoms with Crippen molar-refractivity contribution in [3.05, 3.63) is 53.7 Å². The van der Waals surface area contributed by atoms with E-state index in [1.54, 1.807) is 44.6 Å². The van der Waals surface area contributed by atoms with E-state index >= 15 is 0 Å². The average molecular weight is 468 g/mol. The Morgan fingerprint density at radius 1 is 0.853 bits per heavy atom. The standard InChI is InChI=1S/C25H29N3O6/c1-31-19-7-5-4-6-18(19)22-23(26-17-8-9-20(32-2)21(16-17)33-3)25(30)28(24(22)29)11-10-27-12-14-34-15-13-27/h4-9,16,26H,10-15H2,1-3H3. The Balaban J connectivity index is 1.68. The van der Waals surface area contributed by atoms with Gasteiger partial charge in [-0.2, -0.15) is 0 Å². The fourth-order valence-electron chi connectivity index (χ4n) is 4.12. The summed E-state index contributed by atoms with van der Waals surface area (Å²) in [7, 11) is 4.63. The molecule has 34 heavy (non-hydrogen) atoms. The molecule has 9 nitrogen and oxygen atoms in total. The molecule has 2 aliphatic heterocycles. The Morgan fingerprint density at radius 3 is 2.26 bits per heavy atom.